The molecule has 0 bridgehead atoms. The van der Waals surface area contributed by atoms with Crippen molar-refractivity contribution < 1.29 is 17.6 Å². The van der Waals surface area contributed by atoms with Crippen molar-refractivity contribution in [2.45, 2.75) is 12.7 Å². The molecule has 3 nitrogen and oxygen atoms in total. The molecule has 0 amide bonds. The summed E-state index contributed by atoms with van der Waals surface area (Å²) in [5.74, 6) is 1.18. The summed E-state index contributed by atoms with van der Waals surface area (Å²) in [7, 11) is 3.84. The van der Waals surface area contributed by atoms with Gasteiger partial charge in [0.2, 0.25) is 0 Å². The second kappa shape index (κ2) is 8.38. The highest BCUT2D eigenvalue weighted by Crippen LogP contribution is 2.32. The highest BCUT2D eigenvalue weighted by Gasteiger charge is 2.30. The van der Waals surface area contributed by atoms with E-state index in [0.29, 0.717) is 17.9 Å². The Balaban J connectivity index is 0.00000264. The van der Waals surface area contributed by atoms with Crippen molar-refractivity contribution in [2.24, 2.45) is 0 Å². The molecule has 0 fully saturated rings. The Hall–Kier alpha value is -1.50. The average Bonchev–Trinajstić information content (AvgIpc) is 2.93. The predicted molar refractivity (Wildman–Crippen MR) is 86.7 cm³/mol. The lowest BCUT2D eigenvalue weighted by Gasteiger charge is -2.14. The molecule has 2 aromatic rings. The van der Waals surface area contributed by atoms with Gasteiger partial charge in [0.25, 0.3) is 0 Å². The third-order valence-corrected chi connectivity index (χ3v) is 3.31. The van der Waals surface area contributed by atoms with Crippen molar-refractivity contribution >= 4 is 12.4 Å². The Morgan fingerprint density at radius 3 is 2.57 bits per heavy atom. The molecule has 0 atom stereocenters. The van der Waals surface area contributed by atoms with Crippen molar-refractivity contribution in [3.63, 3.8) is 0 Å². The average molecular weight is 349 g/mol. The molecule has 1 N–H and O–H groups in total. The molecule has 1 heterocycles. The second-order valence-electron chi connectivity index (χ2n) is 5.19. The van der Waals surface area contributed by atoms with Crippen LogP contribution in [-0.4, -0.2) is 32.1 Å². The number of likely N-dealkylation sites (N-methyl/N-ethyl adjacent to an activating group) is 2. The van der Waals surface area contributed by atoms with Crippen molar-refractivity contribution in [1.29, 1.82) is 0 Å². The number of nitrogens with one attached hydrogen (secondary N) is 1. The zero-order chi connectivity index (χ0) is 16.2. The van der Waals surface area contributed by atoms with E-state index in [1.165, 1.54) is 6.07 Å². The highest BCUT2D eigenvalue weighted by atomic mass is 35.5. The van der Waals surface area contributed by atoms with Gasteiger partial charge >= 0.3 is 6.18 Å². The Morgan fingerprint density at radius 2 is 1.91 bits per heavy atom. The molecular formula is C16H20ClF3N2O. The summed E-state index contributed by atoms with van der Waals surface area (Å²) >= 11 is 0. The normalized spacial score (nSPS) is 11.6. The van der Waals surface area contributed by atoms with Gasteiger partial charge in [0.15, 0.2) is 0 Å². The lowest BCUT2D eigenvalue weighted by Crippen LogP contribution is -2.26. The third-order valence-electron chi connectivity index (χ3n) is 3.31. The minimum Gasteiger partial charge on any atom is -0.460 e. The molecule has 0 aliphatic rings. The molecule has 1 aromatic carbocycles. The Labute approximate surface area is 139 Å². The van der Waals surface area contributed by atoms with Crippen LogP contribution in [0, 0.1) is 0 Å². The van der Waals surface area contributed by atoms with Gasteiger partial charge in [0, 0.05) is 18.7 Å². The Kier molecular flexibility index (Phi) is 7.12. The fourth-order valence-electron chi connectivity index (χ4n) is 2.11. The van der Waals surface area contributed by atoms with Crippen LogP contribution >= 0.6 is 12.4 Å². The number of rotatable bonds is 6. The zero-order valence-electron chi connectivity index (χ0n) is 13.0. The fraction of sp³-hybridized carbons (Fsp3) is 0.375. The maximum Gasteiger partial charge on any atom is 0.416 e. The Morgan fingerprint density at radius 1 is 1.17 bits per heavy atom. The van der Waals surface area contributed by atoms with E-state index in [1.807, 2.05) is 14.1 Å². The number of furan rings is 1. The van der Waals surface area contributed by atoms with Crippen LogP contribution in [-0.2, 0) is 12.7 Å². The molecule has 0 unspecified atom stereocenters. The zero-order valence-corrected chi connectivity index (χ0v) is 13.8. The molecule has 2 rings (SSSR count). The second-order valence-corrected chi connectivity index (χ2v) is 5.19. The summed E-state index contributed by atoms with van der Waals surface area (Å²) < 4.78 is 43.9. The summed E-state index contributed by atoms with van der Waals surface area (Å²) in [5.41, 5.74) is -0.243. The molecule has 7 heteroatoms. The fourth-order valence-corrected chi connectivity index (χ4v) is 2.11. The van der Waals surface area contributed by atoms with Crippen LogP contribution in [0.1, 0.15) is 11.3 Å². The number of alkyl halides is 3. The maximum absolute atomic E-state index is 12.7. The van der Waals surface area contributed by atoms with E-state index in [-0.39, 0.29) is 12.4 Å². The van der Waals surface area contributed by atoms with Gasteiger partial charge < -0.3 is 9.73 Å². The van der Waals surface area contributed by atoms with Gasteiger partial charge in [-0.2, -0.15) is 13.2 Å². The Bertz CT molecular complexity index is 613. The van der Waals surface area contributed by atoms with Gasteiger partial charge in [-0.3, -0.25) is 4.90 Å². The smallest absolute Gasteiger partial charge is 0.416 e. The molecule has 128 valence electrons. The first-order valence-electron chi connectivity index (χ1n) is 6.99. The minimum atomic E-state index is -4.35. The standard InChI is InChI=1S/C16H19F3N2O.ClH/c1-20-8-9-21(2)11-14-6-7-15(22-14)12-4-3-5-13(10-12)16(17,18)19;/h3-7,10,20H,8-9,11H2,1-2H3;1H. The van der Waals surface area contributed by atoms with Gasteiger partial charge in [0.05, 0.1) is 12.1 Å². The summed E-state index contributed by atoms with van der Waals surface area (Å²) in [4.78, 5) is 2.07. The number of hydrogen-bond acceptors (Lipinski definition) is 3. The first-order chi connectivity index (χ1) is 10.4. The molecule has 0 aliphatic carbocycles. The molecule has 0 saturated heterocycles. The van der Waals surface area contributed by atoms with E-state index < -0.39 is 11.7 Å². The molecule has 0 aliphatic heterocycles. The van der Waals surface area contributed by atoms with Crippen molar-refractivity contribution in [2.75, 3.05) is 27.2 Å². The van der Waals surface area contributed by atoms with Crippen molar-refractivity contribution in [3.8, 4) is 11.3 Å². The van der Waals surface area contributed by atoms with Crippen LogP contribution in [0.25, 0.3) is 11.3 Å². The lowest BCUT2D eigenvalue weighted by atomic mass is 10.1. The van der Waals surface area contributed by atoms with E-state index >= 15 is 0 Å². The van der Waals surface area contributed by atoms with Crippen LogP contribution in [0.5, 0.6) is 0 Å². The van der Waals surface area contributed by atoms with E-state index in [2.05, 4.69) is 10.2 Å². The summed E-state index contributed by atoms with van der Waals surface area (Å²) in [6.45, 7) is 2.33. The highest BCUT2D eigenvalue weighted by molar-refractivity contribution is 5.85. The van der Waals surface area contributed by atoms with Gasteiger partial charge in [0.1, 0.15) is 11.5 Å². The van der Waals surface area contributed by atoms with E-state index in [9.17, 15) is 13.2 Å². The van der Waals surface area contributed by atoms with Crippen molar-refractivity contribution in [3.05, 3.63) is 47.7 Å². The van der Waals surface area contributed by atoms with Gasteiger partial charge in [-0.1, -0.05) is 12.1 Å². The van der Waals surface area contributed by atoms with Crippen LogP contribution < -0.4 is 5.32 Å². The molecule has 0 radical (unpaired) electrons. The van der Waals surface area contributed by atoms with Gasteiger partial charge in [-0.05, 0) is 38.4 Å². The molecule has 1 aromatic heterocycles. The third kappa shape index (κ3) is 5.57. The first kappa shape index (κ1) is 19.5. The molecule has 23 heavy (non-hydrogen) atoms. The lowest BCUT2D eigenvalue weighted by molar-refractivity contribution is -0.137. The summed E-state index contributed by atoms with van der Waals surface area (Å²) in [5, 5.41) is 3.06. The van der Waals surface area contributed by atoms with Gasteiger partial charge in [-0.25, -0.2) is 0 Å². The van der Waals surface area contributed by atoms with Crippen molar-refractivity contribution in [1.82, 2.24) is 10.2 Å². The van der Waals surface area contributed by atoms with E-state index in [1.54, 1.807) is 18.2 Å². The van der Waals surface area contributed by atoms with Crippen LogP contribution in [0.4, 0.5) is 13.2 Å². The topological polar surface area (TPSA) is 28.4 Å². The molecular weight excluding hydrogens is 329 g/mol. The largest absolute Gasteiger partial charge is 0.460 e. The molecule has 0 saturated carbocycles. The minimum absolute atomic E-state index is 0. The number of hydrogen-bond donors (Lipinski definition) is 1. The van der Waals surface area contributed by atoms with Crippen LogP contribution in [0.15, 0.2) is 40.8 Å². The number of nitrogens with zero attached hydrogens (tertiary/aromatic N) is 1. The quantitative estimate of drug-likeness (QED) is 0.854. The predicted octanol–water partition coefficient (Wildman–Crippen LogP) is 4.04. The van der Waals surface area contributed by atoms with E-state index in [0.717, 1.165) is 31.0 Å². The molecule has 0 spiro atoms. The monoisotopic (exact) mass is 348 g/mol. The van der Waals surface area contributed by atoms with E-state index in [4.69, 9.17) is 4.42 Å². The summed E-state index contributed by atoms with van der Waals surface area (Å²) in [6, 6.07) is 8.66. The number of halogens is 4. The number of benzene rings is 1. The first-order valence-corrected chi connectivity index (χ1v) is 6.99. The maximum atomic E-state index is 12.7. The SMILES string of the molecule is CNCCN(C)Cc1ccc(-c2cccc(C(F)(F)F)c2)o1.Cl. The van der Waals surface area contributed by atoms with Gasteiger partial charge in [-0.15, -0.1) is 12.4 Å². The van der Waals surface area contributed by atoms with Crippen LogP contribution in [0.2, 0.25) is 0 Å². The van der Waals surface area contributed by atoms with Crippen LogP contribution in [0.3, 0.4) is 0 Å². The summed E-state index contributed by atoms with van der Waals surface area (Å²) in [6.07, 6.45) is -4.35.